The summed E-state index contributed by atoms with van der Waals surface area (Å²) in [5, 5.41) is 0. The number of para-hydroxylation sites is 1. The Kier molecular flexibility index (Phi) is 4.82. The summed E-state index contributed by atoms with van der Waals surface area (Å²) < 4.78 is 45.2. The van der Waals surface area contributed by atoms with E-state index in [4.69, 9.17) is 0 Å². The van der Waals surface area contributed by atoms with Crippen LogP contribution in [0.25, 0.3) is 0 Å². The highest BCUT2D eigenvalue weighted by atomic mass is 79.9. The Morgan fingerprint density at radius 3 is 2.55 bits per heavy atom. The summed E-state index contributed by atoms with van der Waals surface area (Å²) in [6.45, 7) is 0. The normalized spacial score (nSPS) is 11.0. The summed E-state index contributed by atoms with van der Waals surface area (Å²) in [6, 6.07) is 9.23. The first kappa shape index (κ1) is 16.4. The summed E-state index contributed by atoms with van der Waals surface area (Å²) in [7, 11) is -2.85. The van der Waals surface area contributed by atoms with Crippen molar-refractivity contribution in [3.63, 3.8) is 0 Å². The molecule has 8 heteroatoms. The molecule has 0 amide bonds. The molecular weight excluding hydrogens is 377 g/mol. The standard InChI is InChI=1S/C14H11BrFNO4S/c1-21-14(18)10-8-9(6-7-11(10)15)22(19,20)17-13-5-3-2-4-12(13)16/h2-8,17H,1H3. The lowest BCUT2D eigenvalue weighted by Crippen LogP contribution is -2.15. The molecule has 2 aromatic carbocycles. The predicted molar refractivity (Wildman–Crippen MR) is 82.7 cm³/mol. The van der Waals surface area contributed by atoms with Crippen LogP contribution >= 0.6 is 15.9 Å². The van der Waals surface area contributed by atoms with E-state index in [1.807, 2.05) is 0 Å². The molecule has 116 valence electrons. The summed E-state index contributed by atoms with van der Waals surface area (Å²) in [4.78, 5) is 11.4. The molecule has 0 saturated heterocycles. The number of nitrogens with one attached hydrogen (secondary N) is 1. The van der Waals surface area contributed by atoms with E-state index in [9.17, 15) is 17.6 Å². The van der Waals surface area contributed by atoms with Gasteiger partial charge in [-0.25, -0.2) is 17.6 Å². The van der Waals surface area contributed by atoms with E-state index in [2.05, 4.69) is 25.4 Å². The molecular formula is C14H11BrFNO4S. The van der Waals surface area contributed by atoms with Crippen LogP contribution in [0.1, 0.15) is 10.4 Å². The van der Waals surface area contributed by atoms with Gasteiger partial charge in [0, 0.05) is 4.47 Å². The number of hydrogen-bond donors (Lipinski definition) is 1. The average molecular weight is 388 g/mol. The zero-order valence-electron chi connectivity index (χ0n) is 11.3. The molecule has 1 N–H and O–H groups in total. The molecule has 0 spiro atoms. The number of esters is 1. The molecule has 5 nitrogen and oxygen atoms in total. The molecule has 0 bridgehead atoms. The Labute approximate surface area is 135 Å². The fourth-order valence-corrected chi connectivity index (χ4v) is 3.19. The molecule has 2 aromatic rings. The minimum absolute atomic E-state index is 0.0545. The highest BCUT2D eigenvalue weighted by molar-refractivity contribution is 9.10. The van der Waals surface area contributed by atoms with Gasteiger partial charge in [-0.05, 0) is 46.3 Å². The number of sulfonamides is 1. The van der Waals surface area contributed by atoms with Crippen molar-refractivity contribution in [1.82, 2.24) is 0 Å². The van der Waals surface area contributed by atoms with Gasteiger partial charge in [0.1, 0.15) is 5.82 Å². The van der Waals surface area contributed by atoms with Crippen LogP contribution in [-0.2, 0) is 14.8 Å². The number of methoxy groups -OCH3 is 1. The Morgan fingerprint density at radius 2 is 1.91 bits per heavy atom. The third-order valence-electron chi connectivity index (χ3n) is 2.77. The molecule has 0 aliphatic heterocycles. The van der Waals surface area contributed by atoms with E-state index < -0.39 is 21.8 Å². The minimum Gasteiger partial charge on any atom is -0.465 e. The number of carbonyl (C=O) groups excluding carboxylic acids is 1. The molecule has 22 heavy (non-hydrogen) atoms. The van der Waals surface area contributed by atoms with Gasteiger partial charge in [-0.15, -0.1) is 0 Å². The molecule has 0 aliphatic rings. The van der Waals surface area contributed by atoms with Crippen LogP contribution in [0.5, 0.6) is 0 Å². The molecule has 0 heterocycles. The second kappa shape index (κ2) is 6.45. The van der Waals surface area contributed by atoms with Crippen LogP contribution in [-0.4, -0.2) is 21.5 Å². The fraction of sp³-hybridized carbons (Fsp3) is 0.0714. The molecule has 0 fully saturated rings. The smallest absolute Gasteiger partial charge is 0.339 e. The lowest BCUT2D eigenvalue weighted by atomic mass is 10.2. The van der Waals surface area contributed by atoms with Gasteiger partial charge in [0.25, 0.3) is 10.0 Å². The summed E-state index contributed by atoms with van der Waals surface area (Å²) in [5.74, 6) is -1.38. The number of hydrogen-bond acceptors (Lipinski definition) is 4. The van der Waals surface area contributed by atoms with Crippen LogP contribution in [0, 0.1) is 5.82 Å². The van der Waals surface area contributed by atoms with E-state index >= 15 is 0 Å². The largest absolute Gasteiger partial charge is 0.465 e. The van der Waals surface area contributed by atoms with Crippen LogP contribution in [0.3, 0.4) is 0 Å². The molecule has 0 saturated carbocycles. The van der Waals surface area contributed by atoms with Crippen molar-refractivity contribution in [2.45, 2.75) is 4.90 Å². The zero-order chi connectivity index (χ0) is 16.3. The number of ether oxygens (including phenoxy) is 1. The van der Waals surface area contributed by atoms with Crippen LogP contribution in [0.2, 0.25) is 0 Å². The van der Waals surface area contributed by atoms with Crippen molar-refractivity contribution in [3.05, 3.63) is 58.3 Å². The maximum absolute atomic E-state index is 13.6. The van der Waals surface area contributed by atoms with Gasteiger partial charge in [0.15, 0.2) is 0 Å². The minimum atomic E-state index is -4.04. The van der Waals surface area contributed by atoms with Crippen LogP contribution in [0.15, 0.2) is 51.8 Å². The Morgan fingerprint density at radius 1 is 1.23 bits per heavy atom. The maximum atomic E-state index is 13.6. The molecule has 2 rings (SSSR count). The van der Waals surface area contributed by atoms with Crippen molar-refractivity contribution < 1.29 is 22.3 Å². The van der Waals surface area contributed by atoms with Gasteiger partial charge in [-0.2, -0.15) is 0 Å². The Bertz CT molecular complexity index is 823. The Balaban J connectivity index is 2.42. The third kappa shape index (κ3) is 3.45. The monoisotopic (exact) mass is 387 g/mol. The second-order valence-corrected chi connectivity index (χ2v) is 6.76. The van der Waals surface area contributed by atoms with Crippen molar-refractivity contribution in [1.29, 1.82) is 0 Å². The SMILES string of the molecule is COC(=O)c1cc(S(=O)(=O)Nc2ccccc2F)ccc1Br. The fourth-order valence-electron chi connectivity index (χ4n) is 1.69. The topological polar surface area (TPSA) is 72.5 Å². The van der Waals surface area contributed by atoms with Gasteiger partial charge in [-0.3, -0.25) is 4.72 Å². The van der Waals surface area contributed by atoms with Gasteiger partial charge in [0.05, 0.1) is 23.3 Å². The Hall–Kier alpha value is -1.93. The van der Waals surface area contributed by atoms with Crippen molar-refractivity contribution in [2.75, 3.05) is 11.8 Å². The van der Waals surface area contributed by atoms with Crippen molar-refractivity contribution in [2.24, 2.45) is 0 Å². The summed E-state index contributed by atoms with van der Waals surface area (Å²) >= 11 is 3.14. The highest BCUT2D eigenvalue weighted by Gasteiger charge is 2.20. The second-order valence-electron chi connectivity index (χ2n) is 4.22. The molecule has 0 atom stereocenters. The predicted octanol–water partition coefficient (Wildman–Crippen LogP) is 3.18. The lowest BCUT2D eigenvalue weighted by Gasteiger charge is -2.10. The molecule has 0 aromatic heterocycles. The number of rotatable bonds is 4. The van der Waals surface area contributed by atoms with E-state index in [-0.39, 0.29) is 16.1 Å². The van der Waals surface area contributed by atoms with Crippen LogP contribution < -0.4 is 4.72 Å². The molecule has 0 unspecified atom stereocenters. The first-order valence-corrected chi connectivity index (χ1v) is 8.28. The molecule has 0 aliphatic carbocycles. The number of anilines is 1. The summed E-state index contributed by atoms with van der Waals surface area (Å²) in [6.07, 6.45) is 0. The van der Waals surface area contributed by atoms with Crippen molar-refractivity contribution >= 4 is 37.6 Å². The molecule has 0 radical (unpaired) electrons. The van der Waals surface area contributed by atoms with Crippen LogP contribution in [0.4, 0.5) is 10.1 Å². The van der Waals surface area contributed by atoms with E-state index in [1.54, 1.807) is 0 Å². The van der Waals surface area contributed by atoms with Crippen molar-refractivity contribution in [3.8, 4) is 0 Å². The number of benzene rings is 2. The first-order chi connectivity index (χ1) is 10.3. The van der Waals surface area contributed by atoms with Gasteiger partial charge in [-0.1, -0.05) is 12.1 Å². The van der Waals surface area contributed by atoms with E-state index in [0.717, 1.165) is 12.1 Å². The van der Waals surface area contributed by atoms with E-state index in [0.29, 0.717) is 4.47 Å². The number of halogens is 2. The average Bonchev–Trinajstić information content (AvgIpc) is 2.49. The highest BCUT2D eigenvalue weighted by Crippen LogP contribution is 2.24. The van der Waals surface area contributed by atoms with E-state index in [1.165, 1.54) is 37.4 Å². The summed E-state index contributed by atoms with van der Waals surface area (Å²) in [5.41, 5.74) is -0.121. The third-order valence-corrected chi connectivity index (χ3v) is 4.83. The van der Waals surface area contributed by atoms with Gasteiger partial charge >= 0.3 is 5.97 Å². The number of carbonyl (C=O) groups is 1. The zero-order valence-corrected chi connectivity index (χ0v) is 13.7. The lowest BCUT2D eigenvalue weighted by molar-refractivity contribution is 0.0599. The first-order valence-electron chi connectivity index (χ1n) is 6.00. The quantitative estimate of drug-likeness (QED) is 0.817. The maximum Gasteiger partial charge on any atom is 0.339 e. The van der Waals surface area contributed by atoms with Gasteiger partial charge in [0.2, 0.25) is 0 Å². The van der Waals surface area contributed by atoms with Gasteiger partial charge < -0.3 is 4.74 Å².